The number of fused-ring (bicyclic) bond motifs is 3. The third-order valence-corrected chi connectivity index (χ3v) is 6.38. The van der Waals surface area contributed by atoms with Crippen LogP contribution in [0.25, 0.3) is 0 Å². The van der Waals surface area contributed by atoms with Crippen molar-refractivity contribution < 1.29 is 9.53 Å². The molecule has 1 N–H and O–H groups in total. The summed E-state index contributed by atoms with van der Waals surface area (Å²) in [4.78, 5) is 32.7. The molecule has 2 aromatic rings. The number of hydrogen-bond donors (Lipinski definition) is 1. The number of ketones is 1. The van der Waals surface area contributed by atoms with E-state index in [0.717, 1.165) is 29.0 Å². The number of nitrogens with one attached hydrogen (secondary N) is 1. The van der Waals surface area contributed by atoms with E-state index in [1.54, 1.807) is 7.11 Å². The zero-order valence-electron chi connectivity index (χ0n) is 15.5. The largest absolute Gasteiger partial charge is 0.497 e. The molecule has 2 aliphatic rings. The van der Waals surface area contributed by atoms with Crippen LogP contribution in [0.5, 0.6) is 5.75 Å². The predicted molar refractivity (Wildman–Crippen MR) is 98.6 cm³/mol. The van der Waals surface area contributed by atoms with Crippen LogP contribution in [0, 0.1) is 18.8 Å². The number of nitrogens with zero attached hydrogens (tertiary/aromatic N) is 1. The fraction of sp³-hybridized carbons (Fsp3) is 0.476. The molecule has 5 heteroatoms. The van der Waals surface area contributed by atoms with Crippen molar-refractivity contribution in [1.82, 2.24) is 9.97 Å². The molecule has 1 saturated carbocycles. The highest BCUT2D eigenvalue weighted by Crippen LogP contribution is 2.54. The number of benzene rings is 1. The molecule has 5 nitrogen and oxygen atoms in total. The molecule has 0 aliphatic heterocycles. The smallest absolute Gasteiger partial charge is 0.254 e. The first-order valence-corrected chi connectivity index (χ1v) is 9.25. The lowest BCUT2D eigenvalue weighted by atomic mass is 9.53. The zero-order chi connectivity index (χ0) is 18.5. The number of aromatic amines is 1. The van der Waals surface area contributed by atoms with Gasteiger partial charge >= 0.3 is 0 Å². The molecule has 0 amide bonds. The number of Topliss-reactive ketones (excluding diaryl/α,β-unsaturated/α-hetero) is 1. The average molecular weight is 352 g/mol. The number of H-pyrrole nitrogens is 1. The van der Waals surface area contributed by atoms with Crippen molar-refractivity contribution in [3.05, 3.63) is 57.3 Å². The molecule has 0 radical (unpaired) electrons. The lowest BCUT2D eigenvalue weighted by molar-refractivity contribution is -0.128. The molecule has 2 aliphatic carbocycles. The predicted octanol–water partition coefficient (Wildman–Crippen LogP) is 2.93. The summed E-state index contributed by atoms with van der Waals surface area (Å²) in [5.41, 5.74) is 2.36. The van der Waals surface area contributed by atoms with Crippen LogP contribution >= 0.6 is 0 Å². The summed E-state index contributed by atoms with van der Waals surface area (Å²) in [5, 5.41) is 0. The Labute approximate surface area is 152 Å². The number of rotatable bonds is 2. The SMILES string of the molecule is COc1ccc([C@]23CCC(=O)[C@@H](C)[C@@H]2CCc2c3nc(C)[nH]c2=O)cc1. The summed E-state index contributed by atoms with van der Waals surface area (Å²) in [7, 11) is 1.65. The molecular weight excluding hydrogens is 328 g/mol. The fourth-order valence-electron chi connectivity index (χ4n) is 5.07. The van der Waals surface area contributed by atoms with Crippen molar-refractivity contribution in [2.75, 3.05) is 7.11 Å². The lowest BCUT2D eigenvalue weighted by Crippen LogP contribution is -2.51. The first-order chi connectivity index (χ1) is 12.5. The van der Waals surface area contributed by atoms with Gasteiger partial charge in [-0.2, -0.15) is 0 Å². The van der Waals surface area contributed by atoms with Crippen LogP contribution in [0.4, 0.5) is 0 Å². The van der Waals surface area contributed by atoms with E-state index in [0.29, 0.717) is 30.9 Å². The second kappa shape index (κ2) is 6.08. The monoisotopic (exact) mass is 352 g/mol. The molecule has 1 fully saturated rings. The molecule has 3 atom stereocenters. The number of aryl methyl sites for hydroxylation is 1. The summed E-state index contributed by atoms with van der Waals surface area (Å²) in [5.74, 6) is 1.89. The van der Waals surface area contributed by atoms with Gasteiger partial charge in [0.15, 0.2) is 0 Å². The maximum absolute atomic E-state index is 12.6. The molecule has 4 rings (SSSR count). The Morgan fingerprint density at radius 1 is 1.19 bits per heavy atom. The van der Waals surface area contributed by atoms with Crippen molar-refractivity contribution in [3.8, 4) is 5.75 Å². The lowest BCUT2D eigenvalue weighted by Gasteiger charge is -2.50. The Morgan fingerprint density at radius 2 is 1.92 bits per heavy atom. The van der Waals surface area contributed by atoms with E-state index >= 15 is 0 Å². The van der Waals surface area contributed by atoms with Crippen molar-refractivity contribution in [2.24, 2.45) is 11.8 Å². The van der Waals surface area contributed by atoms with Gasteiger partial charge in [0.1, 0.15) is 17.4 Å². The molecule has 1 aromatic heterocycles. The number of hydrogen-bond acceptors (Lipinski definition) is 4. The third kappa shape index (κ3) is 2.33. The minimum Gasteiger partial charge on any atom is -0.497 e. The van der Waals surface area contributed by atoms with Crippen LogP contribution in [0.15, 0.2) is 29.1 Å². The van der Waals surface area contributed by atoms with Crippen molar-refractivity contribution in [3.63, 3.8) is 0 Å². The topological polar surface area (TPSA) is 72.0 Å². The highest BCUT2D eigenvalue weighted by molar-refractivity contribution is 5.83. The normalized spacial score (nSPS) is 27.6. The van der Waals surface area contributed by atoms with Gasteiger partial charge < -0.3 is 9.72 Å². The Kier molecular flexibility index (Phi) is 3.98. The molecule has 1 aromatic carbocycles. The van der Waals surface area contributed by atoms with Gasteiger partial charge in [0.05, 0.1) is 12.8 Å². The van der Waals surface area contributed by atoms with Gasteiger partial charge in [0.2, 0.25) is 0 Å². The number of ether oxygens (including phenoxy) is 1. The van der Waals surface area contributed by atoms with Gasteiger partial charge in [-0.3, -0.25) is 9.59 Å². The van der Waals surface area contributed by atoms with E-state index in [9.17, 15) is 9.59 Å². The second-order valence-electron chi connectivity index (χ2n) is 7.58. The first kappa shape index (κ1) is 17.0. The van der Waals surface area contributed by atoms with Gasteiger partial charge in [-0.25, -0.2) is 4.98 Å². The van der Waals surface area contributed by atoms with Gasteiger partial charge in [-0.1, -0.05) is 19.1 Å². The van der Waals surface area contributed by atoms with Crippen LogP contribution in [-0.2, 0) is 16.6 Å². The third-order valence-electron chi connectivity index (χ3n) is 6.38. The van der Waals surface area contributed by atoms with E-state index in [-0.39, 0.29) is 22.8 Å². The maximum atomic E-state index is 12.6. The number of carbonyl (C=O) groups excluding carboxylic acids is 1. The standard InChI is InChI=1S/C21H24N2O3/c1-12-17-9-8-16-19(22-13(2)23-20(16)25)21(17,11-10-18(12)24)14-4-6-15(26-3)7-5-14/h4-7,12,17H,8-11H2,1-3H3,(H,22,23,25)/t12-,17-,21+/m0/s1. The summed E-state index contributed by atoms with van der Waals surface area (Å²) in [6.45, 7) is 3.86. The average Bonchev–Trinajstić information content (AvgIpc) is 2.64. The van der Waals surface area contributed by atoms with Gasteiger partial charge in [-0.05, 0) is 49.8 Å². The van der Waals surface area contributed by atoms with E-state index in [4.69, 9.17) is 9.72 Å². The van der Waals surface area contributed by atoms with Crippen molar-refractivity contribution in [1.29, 1.82) is 0 Å². The quantitative estimate of drug-likeness (QED) is 0.902. The Bertz CT molecular complexity index is 916. The second-order valence-corrected chi connectivity index (χ2v) is 7.58. The molecule has 26 heavy (non-hydrogen) atoms. The first-order valence-electron chi connectivity index (χ1n) is 9.25. The summed E-state index contributed by atoms with van der Waals surface area (Å²) in [6, 6.07) is 8.05. The van der Waals surface area contributed by atoms with Crippen LogP contribution in [-0.4, -0.2) is 22.9 Å². The van der Waals surface area contributed by atoms with Crippen LogP contribution in [0.1, 0.15) is 48.8 Å². The minimum absolute atomic E-state index is 0.0274. The van der Waals surface area contributed by atoms with Gasteiger partial charge in [-0.15, -0.1) is 0 Å². The van der Waals surface area contributed by atoms with Gasteiger partial charge in [0.25, 0.3) is 5.56 Å². The minimum atomic E-state index is -0.383. The van der Waals surface area contributed by atoms with E-state index < -0.39 is 0 Å². The van der Waals surface area contributed by atoms with Crippen LogP contribution in [0.2, 0.25) is 0 Å². The van der Waals surface area contributed by atoms with E-state index in [1.165, 1.54) is 0 Å². The van der Waals surface area contributed by atoms with Gasteiger partial charge in [0, 0.05) is 23.3 Å². The molecule has 1 heterocycles. The Morgan fingerprint density at radius 3 is 2.62 bits per heavy atom. The zero-order valence-corrected chi connectivity index (χ0v) is 15.5. The number of carbonyl (C=O) groups is 1. The number of aromatic nitrogens is 2. The maximum Gasteiger partial charge on any atom is 0.254 e. The number of methoxy groups -OCH3 is 1. The molecular formula is C21H24N2O3. The summed E-state index contributed by atoms with van der Waals surface area (Å²) >= 11 is 0. The van der Waals surface area contributed by atoms with Crippen LogP contribution in [0.3, 0.4) is 0 Å². The fourth-order valence-corrected chi connectivity index (χ4v) is 5.07. The highest BCUT2D eigenvalue weighted by Gasteiger charge is 2.53. The molecule has 136 valence electrons. The molecule has 0 saturated heterocycles. The van der Waals surface area contributed by atoms with Crippen LogP contribution < -0.4 is 10.3 Å². The molecule has 0 spiro atoms. The van der Waals surface area contributed by atoms with Crippen molar-refractivity contribution in [2.45, 2.75) is 44.9 Å². The Balaban J connectivity index is 1.99. The highest BCUT2D eigenvalue weighted by atomic mass is 16.5. The summed E-state index contributed by atoms with van der Waals surface area (Å²) < 4.78 is 5.31. The van der Waals surface area contributed by atoms with E-state index in [1.807, 2.05) is 26.0 Å². The molecule has 0 bridgehead atoms. The summed E-state index contributed by atoms with van der Waals surface area (Å²) in [6.07, 6.45) is 2.74. The van der Waals surface area contributed by atoms with E-state index in [2.05, 4.69) is 17.1 Å². The Hall–Kier alpha value is -2.43. The molecule has 0 unspecified atom stereocenters. The van der Waals surface area contributed by atoms with Crippen molar-refractivity contribution >= 4 is 5.78 Å².